The van der Waals surface area contributed by atoms with Crippen molar-refractivity contribution in [1.29, 1.82) is 0 Å². The summed E-state index contributed by atoms with van der Waals surface area (Å²) in [6.07, 6.45) is -1.36. The van der Waals surface area contributed by atoms with Crippen LogP contribution >= 0.6 is 11.8 Å². The largest absolute Gasteiger partial charge is 0.472 e. The van der Waals surface area contributed by atoms with Gasteiger partial charge >= 0.3 is 0 Å². The normalized spacial score (nSPS) is 27.0. The van der Waals surface area contributed by atoms with Gasteiger partial charge in [0.1, 0.15) is 12.2 Å². The van der Waals surface area contributed by atoms with E-state index < -0.39 is 35.6 Å². The molecule has 0 amide bonds. The van der Waals surface area contributed by atoms with Crippen molar-refractivity contribution < 1.29 is 28.8 Å². The minimum atomic E-state index is -1.39. The second-order valence-corrected chi connectivity index (χ2v) is 6.38. The highest BCUT2D eigenvalue weighted by atomic mass is 32.2. The quantitative estimate of drug-likeness (QED) is 0.705. The van der Waals surface area contributed by atoms with Gasteiger partial charge in [-0.2, -0.15) is 8.78 Å². The maximum absolute atomic E-state index is 13.9. The summed E-state index contributed by atoms with van der Waals surface area (Å²) in [6.45, 7) is 0. The minimum Gasteiger partial charge on any atom is -0.472 e. The SMILES string of the molecule is O[C@@H]1[C@@H](O)[C@H](Oc2cc(-c3ccnc(F)c3)cnc2F)SC[C@H]1O. The maximum atomic E-state index is 13.9. The van der Waals surface area contributed by atoms with Gasteiger partial charge in [-0.15, -0.1) is 11.8 Å². The van der Waals surface area contributed by atoms with Crippen LogP contribution in [0.5, 0.6) is 5.75 Å². The molecular weight excluding hydrogens is 342 g/mol. The Morgan fingerprint density at radius 2 is 1.88 bits per heavy atom. The van der Waals surface area contributed by atoms with Crippen LogP contribution in [0.4, 0.5) is 8.78 Å². The number of hydrogen-bond donors (Lipinski definition) is 3. The molecule has 3 N–H and O–H groups in total. The van der Waals surface area contributed by atoms with Crippen LogP contribution in [0.15, 0.2) is 30.6 Å². The van der Waals surface area contributed by atoms with Crippen molar-refractivity contribution in [3.05, 3.63) is 42.5 Å². The zero-order valence-corrected chi connectivity index (χ0v) is 13.0. The van der Waals surface area contributed by atoms with Crippen molar-refractivity contribution >= 4 is 11.8 Å². The first kappa shape index (κ1) is 17.0. The third kappa shape index (κ3) is 3.48. The van der Waals surface area contributed by atoms with E-state index in [0.29, 0.717) is 11.1 Å². The van der Waals surface area contributed by atoms with Gasteiger partial charge in [-0.25, -0.2) is 9.97 Å². The third-order valence-corrected chi connectivity index (χ3v) is 4.80. The molecule has 0 aliphatic carbocycles. The molecule has 0 spiro atoms. The monoisotopic (exact) mass is 356 g/mol. The molecule has 1 fully saturated rings. The smallest absolute Gasteiger partial charge is 0.255 e. The van der Waals surface area contributed by atoms with Crippen LogP contribution in [-0.2, 0) is 0 Å². The minimum absolute atomic E-state index is 0.132. The topological polar surface area (TPSA) is 95.7 Å². The second-order valence-electron chi connectivity index (χ2n) is 5.25. The molecule has 3 rings (SSSR count). The molecule has 2 aromatic heterocycles. The van der Waals surface area contributed by atoms with Gasteiger partial charge < -0.3 is 20.1 Å². The molecule has 24 heavy (non-hydrogen) atoms. The van der Waals surface area contributed by atoms with Gasteiger partial charge in [0.2, 0.25) is 5.95 Å². The van der Waals surface area contributed by atoms with Crippen molar-refractivity contribution in [2.45, 2.75) is 23.7 Å². The first-order valence-electron chi connectivity index (χ1n) is 7.05. The first-order valence-corrected chi connectivity index (χ1v) is 8.10. The Hall–Kier alpha value is -1.81. The molecule has 6 nitrogen and oxygen atoms in total. The van der Waals surface area contributed by atoms with E-state index in [2.05, 4.69) is 9.97 Å². The van der Waals surface area contributed by atoms with E-state index in [9.17, 15) is 24.1 Å². The van der Waals surface area contributed by atoms with Crippen LogP contribution in [0.3, 0.4) is 0 Å². The number of hydrogen-bond acceptors (Lipinski definition) is 7. The Bertz CT molecular complexity index is 736. The van der Waals surface area contributed by atoms with Crippen molar-refractivity contribution in [3.8, 4) is 16.9 Å². The number of ether oxygens (including phenoxy) is 1. The van der Waals surface area contributed by atoms with Crippen molar-refractivity contribution in [2.75, 3.05) is 5.75 Å². The second kappa shape index (κ2) is 6.98. The molecular formula is C15H14F2N2O4S. The van der Waals surface area contributed by atoms with Crippen LogP contribution < -0.4 is 4.74 Å². The Morgan fingerprint density at radius 1 is 1.08 bits per heavy atom. The zero-order chi connectivity index (χ0) is 17.3. The number of aliphatic hydroxyl groups excluding tert-OH is 3. The average Bonchev–Trinajstić information content (AvgIpc) is 2.57. The summed E-state index contributed by atoms with van der Waals surface area (Å²) in [5.41, 5.74) is -0.125. The highest BCUT2D eigenvalue weighted by molar-refractivity contribution is 7.99. The Labute approximate surface area is 140 Å². The van der Waals surface area contributed by atoms with Crippen molar-refractivity contribution in [2.24, 2.45) is 0 Å². The summed E-state index contributed by atoms with van der Waals surface area (Å²) in [7, 11) is 0. The predicted octanol–water partition coefficient (Wildman–Crippen LogP) is 0.956. The summed E-state index contributed by atoms with van der Waals surface area (Å²) in [6, 6.07) is 4.02. The Morgan fingerprint density at radius 3 is 2.62 bits per heavy atom. The van der Waals surface area contributed by atoms with Crippen molar-refractivity contribution in [1.82, 2.24) is 9.97 Å². The third-order valence-electron chi connectivity index (χ3n) is 3.56. The molecule has 0 saturated carbocycles. The highest BCUT2D eigenvalue weighted by Crippen LogP contribution is 2.32. The summed E-state index contributed by atoms with van der Waals surface area (Å²) >= 11 is 1.04. The summed E-state index contributed by atoms with van der Waals surface area (Å²) in [5.74, 6) is -1.70. The van der Waals surface area contributed by atoms with E-state index in [1.807, 2.05) is 0 Å². The fraction of sp³-hybridized carbons (Fsp3) is 0.333. The van der Waals surface area contributed by atoms with Crippen LogP contribution in [-0.4, -0.2) is 54.8 Å². The number of aliphatic hydroxyl groups is 3. The molecule has 0 radical (unpaired) electrons. The van der Waals surface area contributed by atoms with Crippen molar-refractivity contribution in [3.63, 3.8) is 0 Å². The number of pyridine rings is 2. The van der Waals surface area contributed by atoms with Gasteiger partial charge in [-0.3, -0.25) is 0 Å². The van der Waals surface area contributed by atoms with E-state index in [1.54, 1.807) is 0 Å². The maximum Gasteiger partial charge on any atom is 0.255 e. The molecule has 4 atom stereocenters. The fourth-order valence-electron chi connectivity index (χ4n) is 2.26. The van der Waals surface area contributed by atoms with Gasteiger partial charge in [0.15, 0.2) is 11.2 Å². The van der Waals surface area contributed by atoms with Crippen LogP contribution in [0.1, 0.15) is 0 Å². The van der Waals surface area contributed by atoms with E-state index in [4.69, 9.17) is 4.74 Å². The van der Waals surface area contributed by atoms with E-state index in [0.717, 1.165) is 11.8 Å². The Balaban J connectivity index is 1.85. The molecule has 9 heteroatoms. The lowest BCUT2D eigenvalue weighted by molar-refractivity contribution is -0.0790. The van der Waals surface area contributed by atoms with Crippen LogP contribution in [0.25, 0.3) is 11.1 Å². The summed E-state index contributed by atoms with van der Waals surface area (Å²) < 4.78 is 32.5. The van der Waals surface area contributed by atoms with Crippen LogP contribution in [0, 0.1) is 11.9 Å². The molecule has 0 unspecified atom stereocenters. The van der Waals surface area contributed by atoms with E-state index >= 15 is 0 Å². The number of halogens is 2. The highest BCUT2D eigenvalue weighted by Gasteiger charge is 2.39. The Kier molecular flexibility index (Phi) is 4.95. The van der Waals surface area contributed by atoms with Gasteiger partial charge in [0.05, 0.1) is 6.10 Å². The summed E-state index contributed by atoms with van der Waals surface area (Å²) in [4.78, 5) is 7.02. The summed E-state index contributed by atoms with van der Waals surface area (Å²) in [5, 5.41) is 29.1. The van der Waals surface area contributed by atoms with Gasteiger partial charge in [-0.05, 0) is 17.7 Å². The molecule has 1 saturated heterocycles. The lowest BCUT2D eigenvalue weighted by Gasteiger charge is -2.34. The average molecular weight is 356 g/mol. The molecule has 0 aromatic carbocycles. The van der Waals surface area contributed by atoms with Gasteiger partial charge in [0, 0.05) is 29.8 Å². The lowest BCUT2D eigenvalue weighted by atomic mass is 10.1. The number of nitrogens with zero attached hydrogens (tertiary/aromatic N) is 2. The molecule has 0 bridgehead atoms. The number of thioether (sulfide) groups is 1. The number of rotatable bonds is 3. The van der Waals surface area contributed by atoms with E-state index in [1.165, 1.54) is 30.6 Å². The molecule has 3 heterocycles. The molecule has 2 aromatic rings. The molecule has 1 aliphatic heterocycles. The van der Waals surface area contributed by atoms with Gasteiger partial charge in [-0.1, -0.05) is 0 Å². The molecule has 128 valence electrons. The zero-order valence-electron chi connectivity index (χ0n) is 12.2. The van der Waals surface area contributed by atoms with Gasteiger partial charge in [0.25, 0.3) is 5.95 Å². The first-order chi connectivity index (χ1) is 11.5. The fourth-order valence-corrected chi connectivity index (χ4v) is 3.37. The van der Waals surface area contributed by atoms with E-state index in [-0.39, 0.29) is 11.5 Å². The molecule has 1 aliphatic rings. The lowest BCUT2D eigenvalue weighted by Crippen LogP contribution is -2.50. The predicted molar refractivity (Wildman–Crippen MR) is 82.3 cm³/mol. The standard InChI is InChI=1S/C15H14F2N2O4S/c16-11-4-7(1-2-18-11)8-3-10(14(17)19-5-8)23-15-13(22)12(21)9(20)6-24-15/h1-5,9,12-13,15,20-22H,6H2/t9-,12+,13-,15-/m1/s1. The number of aromatic nitrogens is 2. The van der Waals surface area contributed by atoms with Crippen LogP contribution in [0.2, 0.25) is 0 Å².